The van der Waals surface area contributed by atoms with Gasteiger partial charge in [0, 0.05) is 19.5 Å². The topological polar surface area (TPSA) is 74.6 Å². The first-order valence-electron chi connectivity index (χ1n) is 6.48. The van der Waals surface area contributed by atoms with Gasteiger partial charge in [0.25, 0.3) is 0 Å². The summed E-state index contributed by atoms with van der Waals surface area (Å²) in [6.07, 6.45) is 2.05. The van der Waals surface area contributed by atoms with E-state index in [-0.39, 0.29) is 0 Å². The number of nitrogens with zero attached hydrogens (tertiary/aromatic N) is 6. The highest BCUT2D eigenvalue weighted by Crippen LogP contribution is 2.21. The highest BCUT2D eigenvalue weighted by molar-refractivity contribution is 6.16. The summed E-state index contributed by atoms with van der Waals surface area (Å²) >= 11 is 6.00. The van der Waals surface area contributed by atoms with Crippen molar-refractivity contribution in [3.63, 3.8) is 0 Å². The van der Waals surface area contributed by atoms with Crippen molar-refractivity contribution in [3.8, 4) is 0 Å². The Bertz CT molecular complexity index is 714. The van der Waals surface area contributed by atoms with E-state index in [1.54, 1.807) is 0 Å². The summed E-state index contributed by atoms with van der Waals surface area (Å²) in [5.41, 5.74) is 2.83. The number of aromatic nitrogens is 6. The van der Waals surface area contributed by atoms with Gasteiger partial charge < -0.3 is 9.09 Å². The van der Waals surface area contributed by atoms with Crippen molar-refractivity contribution in [2.75, 3.05) is 0 Å². The molecule has 0 bridgehead atoms. The third kappa shape index (κ3) is 2.07. The number of fused-ring (bicyclic) bond motifs is 1. The zero-order valence-electron chi connectivity index (χ0n) is 11.4. The SMILES string of the molecule is CCn1nc(C)c2nc(CCl)n(CCc3ncno3)c21. The molecule has 7 nitrogen and oxygen atoms in total. The van der Waals surface area contributed by atoms with Gasteiger partial charge in [-0.05, 0) is 13.8 Å². The second-order valence-electron chi connectivity index (χ2n) is 4.47. The Morgan fingerprint density at radius 3 is 2.90 bits per heavy atom. The Morgan fingerprint density at radius 1 is 1.40 bits per heavy atom. The maximum atomic E-state index is 6.00. The average molecular weight is 295 g/mol. The van der Waals surface area contributed by atoms with Crippen LogP contribution in [0.4, 0.5) is 0 Å². The van der Waals surface area contributed by atoms with Gasteiger partial charge in [-0.25, -0.2) is 9.67 Å². The van der Waals surface area contributed by atoms with Crippen LogP contribution in [0.1, 0.15) is 24.3 Å². The summed E-state index contributed by atoms with van der Waals surface area (Å²) in [5, 5.41) is 8.10. The van der Waals surface area contributed by atoms with E-state index < -0.39 is 0 Å². The van der Waals surface area contributed by atoms with Gasteiger partial charge in [0.15, 0.2) is 12.0 Å². The highest BCUT2D eigenvalue weighted by Gasteiger charge is 2.18. The third-order valence-electron chi connectivity index (χ3n) is 3.25. The van der Waals surface area contributed by atoms with Crippen LogP contribution in [0.5, 0.6) is 0 Å². The second-order valence-corrected chi connectivity index (χ2v) is 4.74. The number of rotatable bonds is 5. The van der Waals surface area contributed by atoms with Gasteiger partial charge >= 0.3 is 0 Å². The average Bonchev–Trinajstić information content (AvgIpc) is 3.14. The quantitative estimate of drug-likeness (QED) is 0.672. The monoisotopic (exact) mass is 294 g/mol. The smallest absolute Gasteiger partial charge is 0.228 e. The van der Waals surface area contributed by atoms with E-state index in [0.717, 1.165) is 29.2 Å². The summed E-state index contributed by atoms with van der Waals surface area (Å²) in [6, 6.07) is 0. The van der Waals surface area contributed by atoms with Crippen molar-refractivity contribution in [3.05, 3.63) is 23.7 Å². The molecule has 0 aliphatic heterocycles. The fourth-order valence-corrected chi connectivity index (χ4v) is 2.54. The van der Waals surface area contributed by atoms with Gasteiger partial charge in [0.05, 0.1) is 11.6 Å². The van der Waals surface area contributed by atoms with E-state index in [9.17, 15) is 0 Å². The molecule has 3 rings (SSSR count). The Hall–Kier alpha value is -1.89. The van der Waals surface area contributed by atoms with Crippen molar-refractivity contribution in [1.29, 1.82) is 0 Å². The fraction of sp³-hybridized carbons (Fsp3) is 0.500. The zero-order chi connectivity index (χ0) is 14.1. The molecule has 3 heterocycles. The molecule has 0 aliphatic rings. The molecule has 3 aromatic heterocycles. The molecule has 3 aromatic rings. The van der Waals surface area contributed by atoms with E-state index in [2.05, 4.69) is 31.7 Å². The van der Waals surface area contributed by atoms with E-state index in [0.29, 0.717) is 24.7 Å². The van der Waals surface area contributed by atoms with Crippen LogP contribution in [0.2, 0.25) is 0 Å². The molecule has 0 atom stereocenters. The van der Waals surface area contributed by atoms with Crippen LogP contribution in [0.15, 0.2) is 10.9 Å². The van der Waals surface area contributed by atoms with Crippen LogP contribution in [0.3, 0.4) is 0 Å². The van der Waals surface area contributed by atoms with Crippen molar-refractivity contribution < 1.29 is 4.52 Å². The molecule has 8 heteroatoms. The Kier molecular flexibility index (Phi) is 3.43. The minimum atomic E-state index is 0.363. The molecule has 106 valence electrons. The van der Waals surface area contributed by atoms with E-state index >= 15 is 0 Å². The number of halogens is 1. The van der Waals surface area contributed by atoms with Crippen LogP contribution in [0.25, 0.3) is 11.2 Å². The standard InChI is InChI=1S/C12H15ClN6O/c1-3-19-12-11(8(2)17-19)16-9(6-13)18(12)5-4-10-14-7-15-20-10/h7H,3-6H2,1-2H3. The molecule has 20 heavy (non-hydrogen) atoms. The first-order chi connectivity index (χ1) is 9.74. The summed E-state index contributed by atoms with van der Waals surface area (Å²) in [5.74, 6) is 1.80. The second kappa shape index (κ2) is 5.24. The van der Waals surface area contributed by atoms with Crippen LogP contribution < -0.4 is 0 Å². The van der Waals surface area contributed by atoms with Gasteiger partial charge in [-0.3, -0.25) is 0 Å². The maximum absolute atomic E-state index is 6.00. The summed E-state index contributed by atoms with van der Waals surface area (Å²) in [7, 11) is 0. The van der Waals surface area contributed by atoms with Gasteiger partial charge in [-0.2, -0.15) is 10.1 Å². The maximum Gasteiger partial charge on any atom is 0.228 e. The van der Waals surface area contributed by atoms with Gasteiger partial charge in [0.1, 0.15) is 11.3 Å². The van der Waals surface area contributed by atoms with Gasteiger partial charge in [-0.1, -0.05) is 5.16 Å². The first-order valence-corrected chi connectivity index (χ1v) is 7.02. The largest absolute Gasteiger partial charge is 0.340 e. The molecule has 0 saturated heterocycles. The molecule has 0 spiro atoms. The molecule has 0 radical (unpaired) electrons. The predicted octanol–water partition coefficient (Wildman–Crippen LogP) is 1.93. The Balaban J connectivity index is 2.02. The zero-order valence-corrected chi connectivity index (χ0v) is 12.1. The lowest BCUT2D eigenvalue weighted by molar-refractivity contribution is 0.370. The number of aryl methyl sites for hydroxylation is 4. The molecular formula is C12H15ClN6O. The summed E-state index contributed by atoms with van der Waals surface area (Å²) in [6.45, 7) is 5.49. The van der Waals surface area contributed by atoms with Gasteiger partial charge in [0.2, 0.25) is 5.89 Å². The molecule has 0 N–H and O–H groups in total. The number of hydrogen-bond acceptors (Lipinski definition) is 5. The van der Waals surface area contributed by atoms with E-state index in [1.165, 1.54) is 6.33 Å². The van der Waals surface area contributed by atoms with Crippen molar-refractivity contribution in [1.82, 2.24) is 29.5 Å². The normalized spacial score (nSPS) is 11.6. The lowest BCUT2D eigenvalue weighted by Gasteiger charge is -2.07. The molecule has 0 aliphatic carbocycles. The van der Waals surface area contributed by atoms with Crippen LogP contribution in [0, 0.1) is 6.92 Å². The van der Waals surface area contributed by atoms with Crippen molar-refractivity contribution in [2.24, 2.45) is 0 Å². The molecule has 0 aromatic carbocycles. The first kappa shape index (κ1) is 13.1. The fourth-order valence-electron chi connectivity index (χ4n) is 2.34. The molecule has 0 saturated carbocycles. The summed E-state index contributed by atoms with van der Waals surface area (Å²) in [4.78, 5) is 8.61. The van der Waals surface area contributed by atoms with Crippen LogP contribution in [-0.2, 0) is 25.4 Å². The van der Waals surface area contributed by atoms with Crippen LogP contribution in [-0.4, -0.2) is 29.5 Å². The summed E-state index contributed by atoms with van der Waals surface area (Å²) < 4.78 is 9.05. The molecular weight excluding hydrogens is 280 g/mol. The predicted molar refractivity (Wildman–Crippen MR) is 73.5 cm³/mol. The Labute approximate surface area is 120 Å². The van der Waals surface area contributed by atoms with Crippen molar-refractivity contribution in [2.45, 2.75) is 39.2 Å². The highest BCUT2D eigenvalue weighted by atomic mass is 35.5. The third-order valence-corrected chi connectivity index (χ3v) is 3.49. The lowest BCUT2D eigenvalue weighted by atomic mass is 10.4. The minimum Gasteiger partial charge on any atom is -0.340 e. The van der Waals surface area contributed by atoms with E-state index in [1.807, 2.05) is 11.6 Å². The van der Waals surface area contributed by atoms with Crippen molar-refractivity contribution >= 4 is 22.8 Å². The molecule has 0 fully saturated rings. The number of alkyl halides is 1. The minimum absolute atomic E-state index is 0.363. The number of imidazole rings is 1. The van der Waals surface area contributed by atoms with Crippen LogP contribution >= 0.6 is 11.6 Å². The van der Waals surface area contributed by atoms with E-state index in [4.69, 9.17) is 16.1 Å². The lowest BCUT2D eigenvalue weighted by Crippen LogP contribution is -2.10. The Morgan fingerprint density at radius 2 is 2.25 bits per heavy atom. The van der Waals surface area contributed by atoms with Gasteiger partial charge in [-0.15, -0.1) is 11.6 Å². The molecule has 0 amide bonds. The molecule has 0 unspecified atom stereocenters. The number of hydrogen-bond donors (Lipinski definition) is 0.